The Morgan fingerprint density at radius 2 is 1.55 bits per heavy atom. The second kappa shape index (κ2) is 12.5. The molecule has 0 spiro atoms. The van der Waals surface area contributed by atoms with Gasteiger partial charge in [-0.2, -0.15) is 0 Å². The summed E-state index contributed by atoms with van der Waals surface area (Å²) in [7, 11) is 0. The van der Waals surface area contributed by atoms with Gasteiger partial charge in [0.2, 0.25) is 5.91 Å². The molecule has 1 aliphatic heterocycles. The SMILES string of the molecule is CC(C)CO/N=C1/CCCCCCCCCCC(=O)NCC1. The van der Waals surface area contributed by atoms with Crippen LogP contribution in [0.3, 0.4) is 0 Å². The van der Waals surface area contributed by atoms with Crippen molar-refractivity contribution in [3.05, 3.63) is 0 Å². The third-order valence-corrected chi connectivity index (χ3v) is 3.96. The van der Waals surface area contributed by atoms with Crippen molar-refractivity contribution in [3.8, 4) is 0 Å². The van der Waals surface area contributed by atoms with Crippen LogP contribution >= 0.6 is 0 Å². The molecule has 1 rings (SSSR count). The number of rotatable bonds is 3. The fourth-order valence-corrected chi connectivity index (χ4v) is 2.60. The lowest BCUT2D eigenvalue weighted by molar-refractivity contribution is -0.121. The van der Waals surface area contributed by atoms with Crippen molar-refractivity contribution in [1.29, 1.82) is 0 Å². The predicted molar refractivity (Wildman–Crippen MR) is 92.0 cm³/mol. The topological polar surface area (TPSA) is 50.7 Å². The van der Waals surface area contributed by atoms with Gasteiger partial charge in [-0.25, -0.2) is 0 Å². The summed E-state index contributed by atoms with van der Waals surface area (Å²) in [5, 5.41) is 7.31. The van der Waals surface area contributed by atoms with Gasteiger partial charge in [0.25, 0.3) is 0 Å². The second-order valence-corrected chi connectivity index (χ2v) is 6.78. The predicted octanol–water partition coefficient (Wildman–Crippen LogP) is 4.44. The van der Waals surface area contributed by atoms with Gasteiger partial charge in [0, 0.05) is 19.4 Å². The Kier molecular flexibility index (Phi) is 10.8. The van der Waals surface area contributed by atoms with Crippen molar-refractivity contribution in [2.45, 2.75) is 84.5 Å². The highest BCUT2D eigenvalue weighted by Gasteiger charge is 2.06. The summed E-state index contributed by atoms with van der Waals surface area (Å²) >= 11 is 0. The van der Waals surface area contributed by atoms with Gasteiger partial charge < -0.3 is 10.2 Å². The third kappa shape index (κ3) is 10.6. The lowest BCUT2D eigenvalue weighted by atomic mass is 10.0. The average Bonchev–Trinajstić information content (AvgIpc) is 2.48. The van der Waals surface area contributed by atoms with E-state index in [0.717, 1.165) is 25.0 Å². The van der Waals surface area contributed by atoms with Crippen molar-refractivity contribution in [2.75, 3.05) is 13.2 Å². The molecule has 0 unspecified atom stereocenters. The largest absolute Gasteiger partial charge is 0.396 e. The standard InChI is InChI=1S/C18H34N2O2/c1-16(2)15-22-20-17-11-9-7-5-3-4-6-8-10-12-18(21)19-14-13-17/h16H,3-15H2,1-2H3,(H,19,21)/b20-17-. The Hall–Kier alpha value is -1.06. The molecule has 1 saturated heterocycles. The van der Waals surface area contributed by atoms with Gasteiger partial charge in [-0.3, -0.25) is 4.79 Å². The molecule has 4 nitrogen and oxygen atoms in total. The Bertz CT molecular complexity index is 327. The Balaban J connectivity index is 2.42. The minimum Gasteiger partial charge on any atom is -0.396 e. The van der Waals surface area contributed by atoms with E-state index >= 15 is 0 Å². The molecule has 0 radical (unpaired) electrons. The summed E-state index contributed by atoms with van der Waals surface area (Å²) in [6, 6.07) is 0. The van der Waals surface area contributed by atoms with Crippen LogP contribution in [0.4, 0.5) is 0 Å². The maximum absolute atomic E-state index is 11.7. The van der Waals surface area contributed by atoms with E-state index in [1.165, 1.54) is 44.9 Å². The molecule has 0 atom stereocenters. The van der Waals surface area contributed by atoms with E-state index in [-0.39, 0.29) is 5.91 Å². The number of amides is 1. The molecule has 0 aromatic carbocycles. The molecule has 0 aliphatic carbocycles. The minimum absolute atomic E-state index is 0.178. The molecule has 1 amide bonds. The quantitative estimate of drug-likeness (QED) is 0.784. The van der Waals surface area contributed by atoms with Gasteiger partial charge in [-0.15, -0.1) is 0 Å². The van der Waals surface area contributed by atoms with Crippen LogP contribution in [0.25, 0.3) is 0 Å². The molecule has 0 aromatic heterocycles. The van der Waals surface area contributed by atoms with Crippen molar-refractivity contribution in [2.24, 2.45) is 11.1 Å². The van der Waals surface area contributed by atoms with E-state index in [9.17, 15) is 4.79 Å². The van der Waals surface area contributed by atoms with Gasteiger partial charge in [-0.1, -0.05) is 57.5 Å². The summed E-state index contributed by atoms with van der Waals surface area (Å²) in [5.74, 6) is 0.670. The molecular formula is C18H34N2O2. The van der Waals surface area contributed by atoms with Gasteiger partial charge in [0.05, 0.1) is 5.71 Å². The molecule has 22 heavy (non-hydrogen) atoms. The first-order valence-electron chi connectivity index (χ1n) is 9.13. The fraction of sp³-hybridized carbons (Fsp3) is 0.889. The van der Waals surface area contributed by atoms with E-state index in [2.05, 4.69) is 24.3 Å². The first kappa shape index (κ1) is 19.0. The zero-order valence-corrected chi connectivity index (χ0v) is 14.5. The Labute approximate surface area is 136 Å². The summed E-state index contributed by atoms with van der Waals surface area (Å²) in [4.78, 5) is 17.2. The first-order valence-corrected chi connectivity index (χ1v) is 9.13. The molecule has 4 heteroatoms. The summed E-state index contributed by atoms with van der Waals surface area (Å²) in [6.45, 7) is 5.59. The third-order valence-electron chi connectivity index (χ3n) is 3.96. The highest BCUT2D eigenvalue weighted by Crippen LogP contribution is 2.12. The van der Waals surface area contributed by atoms with Crippen LogP contribution in [0, 0.1) is 5.92 Å². The van der Waals surface area contributed by atoms with Crippen LogP contribution in [0.5, 0.6) is 0 Å². The highest BCUT2D eigenvalue weighted by atomic mass is 16.6. The van der Waals surface area contributed by atoms with E-state index in [4.69, 9.17) is 4.84 Å². The van der Waals surface area contributed by atoms with E-state index in [0.29, 0.717) is 25.5 Å². The second-order valence-electron chi connectivity index (χ2n) is 6.78. The van der Waals surface area contributed by atoms with Gasteiger partial charge in [0.1, 0.15) is 6.61 Å². The number of carbonyl (C=O) groups excluding carboxylic acids is 1. The molecule has 1 fully saturated rings. The average molecular weight is 310 g/mol. The van der Waals surface area contributed by atoms with Crippen LogP contribution < -0.4 is 5.32 Å². The number of nitrogens with one attached hydrogen (secondary N) is 1. The summed E-state index contributed by atoms with van der Waals surface area (Å²) in [5.41, 5.74) is 1.09. The first-order chi connectivity index (χ1) is 10.7. The Morgan fingerprint density at radius 1 is 0.955 bits per heavy atom. The van der Waals surface area contributed by atoms with Crippen LogP contribution in [-0.4, -0.2) is 24.8 Å². The van der Waals surface area contributed by atoms with Crippen LogP contribution in [0.2, 0.25) is 0 Å². The normalized spacial score (nSPS) is 22.0. The Morgan fingerprint density at radius 3 is 2.18 bits per heavy atom. The minimum atomic E-state index is 0.178. The molecule has 0 aromatic rings. The maximum Gasteiger partial charge on any atom is 0.220 e. The van der Waals surface area contributed by atoms with Crippen molar-refractivity contribution in [1.82, 2.24) is 5.32 Å². The van der Waals surface area contributed by atoms with E-state index < -0.39 is 0 Å². The van der Waals surface area contributed by atoms with Crippen LogP contribution in [0.1, 0.15) is 84.5 Å². The number of hydrogen-bond donors (Lipinski definition) is 1. The van der Waals surface area contributed by atoms with Crippen molar-refractivity contribution in [3.63, 3.8) is 0 Å². The van der Waals surface area contributed by atoms with E-state index in [1.54, 1.807) is 0 Å². The van der Waals surface area contributed by atoms with E-state index in [1.807, 2.05) is 0 Å². The number of hydrogen-bond acceptors (Lipinski definition) is 3. The fourth-order valence-electron chi connectivity index (χ4n) is 2.60. The molecule has 1 heterocycles. The molecule has 0 saturated carbocycles. The summed E-state index contributed by atoms with van der Waals surface area (Å²) < 4.78 is 0. The summed E-state index contributed by atoms with van der Waals surface area (Å²) in [6.07, 6.45) is 12.3. The molecule has 0 bridgehead atoms. The number of carbonyl (C=O) groups is 1. The van der Waals surface area contributed by atoms with Crippen LogP contribution in [0.15, 0.2) is 5.16 Å². The van der Waals surface area contributed by atoms with Gasteiger partial charge >= 0.3 is 0 Å². The molecule has 1 N–H and O–H groups in total. The molecular weight excluding hydrogens is 276 g/mol. The smallest absolute Gasteiger partial charge is 0.220 e. The lowest BCUT2D eigenvalue weighted by Gasteiger charge is -2.09. The van der Waals surface area contributed by atoms with Gasteiger partial charge in [-0.05, 0) is 25.2 Å². The number of nitrogens with zero attached hydrogens (tertiary/aromatic N) is 1. The van der Waals surface area contributed by atoms with Gasteiger partial charge in [0.15, 0.2) is 0 Å². The molecule has 1 aliphatic rings. The monoisotopic (exact) mass is 310 g/mol. The number of oxime groups is 1. The molecule has 128 valence electrons. The zero-order valence-electron chi connectivity index (χ0n) is 14.5. The van der Waals surface area contributed by atoms with Crippen molar-refractivity contribution < 1.29 is 9.63 Å². The maximum atomic E-state index is 11.7. The van der Waals surface area contributed by atoms with Crippen LogP contribution in [-0.2, 0) is 9.63 Å². The highest BCUT2D eigenvalue weighted by molar-refractivity contribution is 5.84. The van der Waals surface area contributed by atoms with Crippen molar-refractivity contribution >= 4 is 11.6 Å². The lowest BCUT2D eigenvalue weighted by Crippen LogP contribution is -2.25. The zero-order chi connectivity index (χ0) is 16.0.